The SMILES string of the molecule is C=C(OC1CC1)C1(C(C)C)CC1CC. The monoisotopic (exact) mass is 194 g/mol. The molecular formula is C13H22O. The molecular weight excluding hydrogens is 172 g/mol. The van der Waals surface area contributed by atoms with Gasteiger partial charge in [-0.3, -0.25) is 0 Å². The van der Waals surface area contributed by atoms with Gasteiger partial charge >= 0.3 is 0 Å². The average Bonchev–Trinajstić information content (AvgIpc) is 2.98. The molecule has 2 fully saturated rings. The summed E-state index contributed by atoms with van der Waals surface area (Å²) >= 11 is 0. The summed E-state index contributed by atoms with van der Waals surface area (Å²) in [5.41, 5.74) is 0.331. The number of ether oxygens (including phenoxy) is 1. The Morgan fingerprint density at radius 1 is 1.50 bits per heavy atom. The van der Waals surface area contributed by atoms with Crippen LogP contribution in [0.15, 0.2) is 12.3 Å². The van der Waals surface area contributed by atoms with Gasteiger partial charge in [-0.25, -0.2) is 0 Å². The van der Waals surface area contributed by atoms with E-state index in [4.69, 9.17) is 4.74 Å². The summed E-state index contributed by atoms with van der Waals surface area (Å²) in [5.74, 6) is 2.59. The van der Waals surface area contributed by atoms with E-state index in [0.717, 1.165) is 11.7 Å². The van der Waals surface area contributed by atoms with E-state index >= 15 is 0 Å². The molecule has 2 saturated carbocycles. The first-order chi connectivity index (χ1) is 6.61. The topological polar surface area (TPSA) is 9.23 Å². The third kappa shape index (κ3) is 1.47. The second-order valence-corrected chi connectivity index (χ2v) is 5.24. The number of hydrogen-bond acceptors (Lipinski definition) is 1. The second-order valence-electron chi connectivity index (χ2n) is 5.24. The average molecular weight is 194 g/mol. The first-order valence-corrected chi connectivity index (χ1v) is 5.97. The molecule has 2 aliphatic carbocycles. The number of rotatable bonds is 5. The molecule has 80 valence electrons. The molecule has 0 aliphatic heterocycles. The van der Waals surface area contributed by atoms with Crippen LogP contribution in [0.4, 0.5) is 0 Å². The molecule has 0 heterocycles. The van der Waals surface area contributed by atoms with Crippen molar-refractivity contribution in [1.29, 1.82) is 0 Å². The summed E-state index contributed by atoms with van der Waals surface area (Å²) in [7, 11) is 0. The van der Waals surface area contributed by atoms with Gasteiger partial charge in [0.15, 0.2) is 0 Å². The summed E-state index contributed by atoms with van der Waals surface area (Å²) in [4.78, 5) is 0. The van der Waals surface area contributed by atoms with Crippen molar-refractivity contribution >= 4 is 0 Å². The highest BCUT2D eigenvalue weighted by Gasteiger charge is 2.58. The molecule has 0 aromatic rings. The van der Waals surface area contributed by atoms with E-state index in [2.05, 4.69) is 27.4 Å². The van der Waals surface area contributed by atoms with E-state index in [0.29, 0.717) is 17.4 Å². The lowest BCUT2D eigenvalue weighted by atomic mass is 9.87. The second kappa shape index (κ2) is 3.29. The van der Waals surface area contributed by atoms with E-state index in [9.17, 15) is 0 Å². The molecule has 2 atom stereocenters. The molecule has 2 aliphatic rings. The van der Waals surface area contributed by atoms with Crippen LogP contribution in [0, 0.1) is 17.3 Å². The van der Waals surface area contributed by atoms with Crippen molar-refractivity contribution in [2.75, 3.05) is 0 Å². The highest BCUT2D eigenvalue weighted by Crippen LogP contribution is 2.64. The van der Waals surface area contributed by atoms with Gasteiger partial charge in [-0.2, -0.15) is 0 Å². The van der Waals surface area contributed by atoms with Crippen molar-refractivity contribution < 1.29 is 4.74 Å². The molecule has 2 unspecified atom stereocenters. The van der Waals surface area contributed by atoms with Crippen LogP contribution in [0.3, 0.4) is 0 Å². The molecule has 1 heteroatoms. The zero-order valence-electron chi connectivity index (χ0n) is 9.68. The lowest BCUT2D eigenvalue weighted by Crippen LogP contribution is -2.18. The van der Waals surface area contributed by atoms with Crippen molar-refractivity contribution in [3.8, 4) is 0 Å². The van der Waals surface area contributed by atoms with Gasteiger partial charge in [0.1, 0.15) is 0 Å². The van der Waals surface area contributed by atoms with Crippen LogP contribution in [0.1, 0.15) is 46.5 Å². The minimum atomic E-state index is 0.331. The van der Waals surface area contributed by atoms with Crippen molar-refractivity contribution in [2.24, 2.45) is 17.3 Å². The third-order valence-electron chi connectivity index (χ3n) is 4.03. The molecule has 14 heavy (non-hydrogen) atoms. The predicted molar refractivity (Wildman–Crippen MR) is 58.9 cm³/mol. The molecule has 0 spiro atoms. The van der Waals surface area contributed by atoms with Crippen LogP contribution in [0.25, 0.3) is 0 Å². The van der Waals surface area contributed by atoms with Crippen LogP contribution in [0.5, 0.6) is 0 Å². The van der Waals surface area contributed by atoms with Gasteiger partial charge in [-0.1, -0.05) is 33.8 Å². The van der Waals surface area contributed by atoms with Crippen LogP contribution in [0.2, 0.25) is 0 Å². The molecule has 0 bridgehead atoms. The largest absolute Gasteiger partial charge is 0.495 e. The molecule has 0 N–H and O–H groups in total. The first-order valence-electron chi connectivity index (χ1n) is 5.97. The van der Waals surface area contributed by atoms with E-state index in [1.165, 1.54) is 25.7 Å². The molecule has 2 rings (SSSR count). The van der Waals surface area contributed by atoms with Gasteiger partial charge in [-0.15, -0.1) is 0 Å². The van der Waals surface area contributed by atoms with E-state index < -0.39 is 0 Å². The Kier molecular flexibility index (Phi) is 2.36. The van der Waals surface area contributed by atoms with Gasteiger partial charge in [0.05, 0.1) is 11.9 Å². The maximum Gasteiger partial charge on any atom is 0.0985 e. The summed E-state index contributed by atoms with van der Waals surface area (Å²) in [6.07, 6.45) is 5.56. The Morgan fingerprint density at radius 2 is 2.14 bits per heavy atom. The minimum absolute atomic E-state index is 0.331. The smallest absolute Gasteiger partial charge is 0.0985 e. The summed E-state index contributed by atoms with van der Waals surface area (Å²) in [6, 6.07) is 0. The molecule has 0 saturated heterocycles. The van der Waals surface area contributed by atoms with Crippen molar-refractivity contribution in [2.45, 2.75) is 52.6 Å². The standard InChI is InChI=1S/C13H22O/c1-5-11-8-13(11,9(2)3)10(4)14-12-6-7-12/h9,11-12H,4-8H2,1-3H3. The molecule has 0 aromatic carbocycles. The zero-order valence-corrected chi connectivity index (χ0v) is 9.68. The number of allylic oxidation sites excluding steroid dienone is 1. The van der Waals surface area contributed by atoms with Gasteiger partial charge < -0.3 is 4.74 Å². The quantitative estimate of drug-likeness (QED) is 0.606. The third-order valence-corrected chi connectivity index (χ3v) is 4.03. The van der Waals surface area contributed by atoms with Crippen molar-refractivity contribution in [3.63, 3.8) is 0 Å². The maximum absolute atomic E-state index is 5.89. The Balaban J connectivity index is 2.00. The maximum atomic E-state index is 5.89. The highest BCUT2D eigenvalue weighted by molar-refractivity contribution is 5.20. The summed E-state index contributed by atoms with van der Waals surface area (Å²) in [6.45, 7) is 11.0. The van der Waals surface area contributed by atoms with Crippen molar-refractivity contribution in [1.82, 2.24) is 0 Å². The van der Waals surface area contributed by atoms with E-state index in [-0.39, 0.29) is 0 Å². The Morgan fingerprint density at radius 3 is 2.50 bits per heavy atom. The molecule has 1 nitrogen and oxygen atoms in total. The van der Waals surface area contributed by atoms with Gasteiger partial charge in [0.2, 0.25) is 0 Å². The fourth-order valence-corrected chi connectivity index (χ4v) is 2.72. The van der Waals surface area contributed by atoms with Gasteiger partial charge in [0, 0.05) is 5.41 Å². The molecule has 0 radical (unpaired) electrons. The van der Waals surface area contributed by atoms with Crippen LogP contribution >= 0.6 is 0 Å². The zero-order chi connectivity index (χ0) is 10.3. The molecule has 0 aromatic heterocycles. The normalized spacial score (nSPS) is 35.9. The fraction of sp³-hybridized carbons (Fsp3) is 0.846. The van der Waals surface area contributed by atoms with Crippen molar-refractivity contribution in [3.05, 3.63) is 12.3 Å². The number of hydrogen-bond donors (Lipinski definition) is 0. The predicted octanol–water partition coefficient (Wildman–Crippen LogP) is 3.75. The lowest BCUT2D eigenvalue weighted by molar-refractivity contribution is 0.131. The van der Waals surface area contributed by atoms with Crippen LogP contribution in [-0.2, 0) is 4.74 Å². The van der Waals surface area contributed by atoms with Crippen LogP contribution in [-0.4, -0.2) is 6.10 Å². The first kappa shape index (κ1) is 10.1. The van der Waals surface area contributed by atoms with Gasteiger partial charge in [0.25, 0.3) is 0 Å². The van der Waals surface area contributed by atoms with Crippen LogP contribution < -0.4 is 0 Å². The highest BCUT2D eigenvalue weighted by atomic mass is 16.5. The van der Waals surface area contributed by atoms with Gasteiger partial charge in [-0.05, 0) is 31.1 Å². The summed E-state index contributed by atoms with van der Waals surface area (Å²) < 4.78 is 5.89. The van der Waals surface area contributed by atoms with E-state index in [1.807, 2.05) is 0 Å². The molecule has 0 amide bonds. The van der Waals surface area contributed by atoms with E-state index in [1.54, 1.807) is 0 Å². The summed E-state index contributed by atoms with van der Waals surface area (Å²) in [5, 5.41) is 0. The Bertz CT molecular complexity index is 240. The Hall–Kier alpha value is -0.460. The Labute approximate surface area is 87.5 Å². The fourth-order valence-electron chi connectivity index (χ4n) is 2.72. The lowest BCUT2D eigenvalue weighted by Gasteiger charge is -2.24. The minimum Gasteiger partial charge on any atom is -0.495 e.